The molecule has 3 fully saturated rings. The van der Waals surface area contributed by atoms with E-state index in [4.69, 9.17) is 50.8 Å². The number of rotatable bonds is 2. The van der Waals surface area contributed by atoms with Crippen molar-refractivity contribution in [3.05, 3.63) is 31.2 Å². The number of nitrogens with two attached hydrogens (primary N) is 2. The summed E-state index contributed by atoms with van der Waals surface area (Å²) in [5.41, 5.74) is 12.7. The topological polar surface area (TPSA) is 259 Å². The predicted octanol–water partition coefficient (Wildman–Crippen LogP) is 0.0241. The van der Waals surface area contributed by atoms with Crippen molar-refractivity contribution < 1.29 is 47.2 Å². The molecule has 44 heavy (non-hydrogen) atoms. The number of aromatic nitrogens is 7. The summed E-state index contributed by atoms with van der Waals surface area (Å²) in [6.07, 6.45) is -4.91. The summed E-state index contributed by atoms with van der Waals surface area (Å²) in [7, 11) is 0. The molecule has 3 saturated heterocycles. The van der Waals surface area contributed by atoms with Gasteiger partial charge in [0, 0.05) is 6.20 Å². The van der Waals surface area contributed by atoms with Gasteiger partial charge in [-0.1, -0.05) is 12.2 Å². The molecule has 0 spiro atoms. The molecule has 23 heteroatoms. The van der Waals surface area contributed by atoms with Gasteiger partial charge in [-0.3, -0.25) is 18.1 Å². The zero-order valence-electron chi connectivity index (χ0n) is 22.2. The second kappa shape index (κ2) is 11.2. The van der Waals surface area contributed by atoms with E-state index < -0.39 is 75.8 Å². The zero-order valence-corrected chi connectivity index (χ0v) is 25.7. The fourth-order valence-corrected chi connectivity index (χ4v) is 8.27. The first-order chi connectivity index (χ1) is 20.9. The highest BCUT2D eigenvalue weighted by atomic mass is 32.7. The SMILES string of the molecule is Nc1ncnc2c1ccn2[C@@H]1O[C@@H]2COP(O)(=S)O[C@@H]3[C@H](O)[C@@H](COP(=O)(S)O[C@@H]2[C@H]1O)O[C@H]3n1cnc2c(N)ncnc21. The highest BCUT2D eigenvalue weighted by molar-refractivity contribution is 8.44. The Hall–Kier alpha value is -2.36. The van der Waals surface area contributed by atoms with Gasteiger partial charge in [0.1, 0.15) is 66.3 Å². The van der Waals surface area contributed by atoms with Gasteiger partial charge >= 0.3 is 13.5 Å². The number of fused-ring (bicyclic) bond motifs is 5. The number of aliphatic hydroxyl groups is 2. The Morgan fingerprint density at radius 1 is 0.886 bits per heavy atom. The number of aliphatic hydroxyl groups excluding tert-OH is 2. The molecule has 236 valence electrons. The number of ether oxygens (including phenoxy) is 2. The zero-order chi connectivity index (χ0) is 31.0. The average molecular weight is 690 g/mol. The van der Waals surface area contributed by atoms with Gasteiger partial charge < -0.3 is 45.1 Å². The van der Waals surface area contributed by atoms with E-state index in [1.54, 1.807) is 12.3 Å². The van der Waals surface area contributed by atoms with Crippen LogP contribution in [0.1, 0.15) is 12.5 Å². The molecule has 3 aliphatic heterocycles. The van der Waals surface area contributed by atoms with Crippen LogP contribution in [0.4, 0.5) is 11.6 Å². The molecule has 10 atom stereocenters. The highest BCUT2D eigenvalue weighted by Crippen LogP contribution is 2.58. The molecule has 2 bridgehead atoms. The van der Waals surface area contributed by atoms with Gasteiger partial charge in [-0.2, -0.15) is 0 Å². The van der Waals surface area contributed by atoms with Gasteiger partial charge in [0.25, 0.3) is 0 Å². The van der Waals surface area contributed by atoms with Gasteiger partial charge in [0.15, 0.2) is 23.9 Å². The van der Waals surface area contributed by atoms with E-state index in [1.807, 2.05) is 0 Å². The second-order valence-electron chi connectivity index (χ2n) is 10.1. The molecule has 2 unspecified atom stereocenters. The maximum Gasteiger partial charge on any atom is 0.386 e. The lowest BCUT2D eigenvalue weighted by Crippen LogP contribution is -2.36. The maximum absolute atomic E-state index is 13.4. The Balaban J connectivity index is 1.20. The standard InChI is InChI=1S/C21H25N9O10P2S2/c22-16-8-1-2-29(18(8)26-5-24-16)20-13(32)14-10(38-20)4-36-42(34,44)40-15-12(31)9(3-35-41(33,43)39-14)37-21(15)30-7-28-11-17(23)25-6-27-19(11)30/h1-2,5-7,9-10,12-15,20-21,31-32H,3-4H2,(H,33,43)(H,34,44)(H2,22,24,26)(H2,23,25,27)/t9-,10-,12-,13-,14+,15-,20-,21-,41?,42?/m1/s1. The number of anilines is 2. The Morgan fingerprint density at radius 3 is 2.39 bits per heavy atom. The first-order valence-corrected chi connectivity index (χ1v) is 18.2. The van der Waals surface area contributed by atoms with Crippen molar-refractivity contribution in [1.29, 1.82) is 0 Å². The summed E-state index contributed by atoms with van der Waals surface area (Å²) in [4.78, 5) is 31.6. The van der Waals surface area contributed by atoms with Crippen LogP contribution in [-0.2, 0) is 43.9 Å². The van der Waals surface area contributed by atoms with Crippen molar-refractivity contribution in [3.8, 4) is 0 Å². The smallest absolute Gasteiger partial charge is 0.386 e. The Kier molecular flexibility index (Phi) is 7.69. The molecule has 0 aliphatic carbocycles. The van der Waals surface area contributed by atoms with E-state index in [-0.39, 0.29) is 22.8 Å². The summed E-state index contributed by atoms with van der Waals surface area (Å²) in [5, 5.41) is 22.9. The van der Waals surface area contributed by atoms with E-state index in [0.717, 1.165) is 0 Å². The van der Waals surface area contributed by atoms with Crippen molar-refractivity contribution >= 4 is 71.4 Å². The maximum atomic E-state index is 13.4. The van der Waals surface area contributed by atoms with Gasteiger partial charge in [0.2, 0.25) is 0 Å². The highest BCUT2D eigenvalue weighted by Gasteiger charge is 2.52. The molecule has 19 nitrogen and oxygen atoms in total. The largest absolute Gasteiger partial charge is 0.387 e. The Labute approximate surface area is 257 Å². The lowest BCUT2D eigenvalue weighted by atomic mass is 10.1. The molecule has 3 aliphatic rings. The number of nitrogens with zero attached hydrogens (tertiary/aromatic N) is 7. The molecule has 0 amide bonds. The number of thiol groups is 1. The minimum Gasteiger partial charge on any atom is -0.387 e. The van der Waals surface area contributed by atoms with Gasteiger partial charge in [0.05, 0.1) is 24.9 Å². The first kappa shape index (κ1) is 30.3. The molecule has 7 rings (SSSR count). The summed E-state index contributed by atoms with van der Waals surface area (Å²) in [6, 6.07) is 1.64. The summed E-state index contributed by atoms with van der Waals surface area (Å²) < 4.78 is 51.0. The normalized spacial score (nSPS) is 38.3. The van der Waals surface area contributed by atoms with Crippen LogP contribution < -0.4 is 11.5 Å². The molecular weight excluding hydrogens is 664 g/mol. The minimum absolute atomic E-state index is 0.103. The summed E-state index contributed by atoms with van der Waals surface area (Å²) in [6.45, 7) is -9.42. The molecule has 7 heterocycles. The fourth-order valence-electron chi connectivity index (χ4n) is 5.36. The Morgan fingerprint density at radius 2 is 1.59 bits per heavy atom. The van der Waals surface area contributed by atoms with Crippen LogP contribution in [0.5, 0.6) is 0 Å². The van der Waals surface area contributed by atoms with E-state index in [1.165, 1.54) is 28.1 Å². The minimum atomic E-state index is -4.26. The van der Waals surface area contributed by atoms with Crippen LogP contribution in [-0.4, -0.2) is 99.0 Å². The van der Waals surface area contributed by atoms with E-state index >= 15 is 0 Å². The second-order valence-corrected chi connectivity index (χ2v) is 15.7. The third-order valence-electron chi connectivity index (χ3n) is 7.41. The average Bonchev–Trinajstić information content (AvgIpc) is 3.73. The van der Waals surface area contributed by atoms with E-state index in [2.05, 4.69) is 37.2 Å². The third kappa shape index (κ3) is 5.30. The number of hydrogen-bond donors (Lipinski definition) is 6. The number of hydrogen-bond acceptors (Lipinski definition) is 17. The van der Waals surface area contributed by atoms with Gasteiger partial charge in [-0.05, 0) is 17.9 Å². The Bertz CT molecular complexity index is 1830. The lowest BCUT2D eigenvalue weighted by Gasteiger charge is -2.27. The monoisotopic (exact) mass is 689 g/mol. The quantitative estimate of drug-likeness (QED) is 0.120. The number of nitrogen functional groups attached to an aromatic ring is 2. The van der Waals surface area contributed by atoms with Crippen molar-refractivity contribution in [2.45, 2.75) is 49.1 Å². The van der Waals surface area contributed by atoms with Crippen LogP contribution in [0.3, 0.4) is 0 Å². The molecule has 4 aromatic heterocycles. The molecule has 4 aromatic rings. The fraction of sp³-hybridized carbons (Fsp3) is 0.476. The predicted molar refractivity (Wildman–Crippen MR) is 156 cm³/mol. The molecule has 7 N–H and O–H groups in total. The van der Waals surface area contributed by atoms with Gasteiger partial charge in [-0.15, -0.1) is 0 Å². The molecule has 0 radical (unpaired) electrons. The van der Waals surface area contributed by atoms with Crippen molar-refractivity contribution in [2.24, 2.45) is 0 Å². The molecular formula is C21H25N9O10P2S2. The lowest BCUT2D eigenvalue weighted by molar-refractivity contribution is -0.0593. The van der Waals surface area contributed by atoms with Crippen molar-refractivity contribution in [3.63, 3.8) is 0 Å². The third-order valence-corrected chi connectivity index (χ3v) is 10.6. The van der Waals surface area contributed by atoms with E-state index in [0.29, 0.717) is 11.0 Å². The van der Waals surface area contributed by atoms with Crippen LogP contribution >= 0.6 is 25.8 Å². The van der Waals surface area contributed by atoms with Crippen molar-refractivity contribution in [2.75, 3.05) is 24.7 Å². The molecule has 0 aromatic carbocycles. The van der Waals surface area contributed by atoms with Crippen LogP contribution in [0.25, 0.3) is 22.2 Å². The first-order valence-electron chi connectivity index (χ1n) is 12.9. The van der Waals surface area contributed by atoms with E-state index in [9.17, 15) is 19.7 Å². The summed E-state index contributed by atoms with van der Waals surface area (Å²) in [5.74, 6) is 0.317. The van der Waals surface area contributed by atoms with Crippen LogP contribution in [0.2, 0.25) is 0 Å². The van der Waals surface area contributed by atoms with Crippen LogP contribution in [0, 0.1) is 0 Å². The summed E-state index contributed by atoms with van der Waals surface area (Å²) >= 11 is 9.37. The van der Waals surface area contributed by atoms with Crippen LogP contribution in [0.15, 0.2) is 31.2 Å². The molecule has 0 saturated carbocycles. The van der Waals surface area contributed by atoms with Gasteiger partial charge in [-0.25, -0.2) is 29.5 Å². The number of imidazole rings is 1. The van der Waals surface area contributed by atoms with Crippen molar-refractivity contribution in [1.82, 2.24) is 34.1 Å².